The average molecular weight is 519 g/mol. The van der Waals surface area contributed by atoms with Crippen molar-refractivity contribution in [1.82, 2.24) is 24.5 Å². The Balaban J connectivity index is 1.54. The third kappa shape index (κ3) is 5.09. The van der Waals surface area contributed by atoms with Gasteiger partial charge >= 0.3 is 6.18 Å². The normalized spacial score (nSPS) is 19.6. The lowest BCUT2D eigenvalue weighted by molar-refractivity contribution is -0.184. The number of hydrogen-bond donors (Lipinski definition) is 1. The Morgan fingerprint density at radius 2 is 1.95 bits per heavy atom. The third-order valence-electron chi connectivity index (χ3n) is 6.47. The monoisotopic (exact) mass is 518 g/mol. The van der Waals surface area contributed by atoms with Crippen LogP contribution in [-0.4, -0.2) is 69.6 Å². The van der Waals surface area contributed by atoms with Gasteiger partial charge in [0.25, 0.3) is 0 Å². The van der Waals surface area contributed by atoms with E-state index >= 15 is 0 Å². The quantitative estimate of drug-likeness (QED) is 0.291. The number of nitrogens with zero attached hydrogens (tertiary/aromatic N) is 5. The lowest BCUT2D eigenvalue weighted by Crippen LogP contribution is -2.43. The molecule has 2 unspecified atom stereocenters. The molecule has 0 aliphatic carbocycles. The second kappa shape index (κ2) is 9.51. The lowest BCUT2D eigenvalue weighted by Gasteiger charge is -2.31. The van der Waals surface area contributed by atoms with Crippen molar-refractivity contribution < 1.29 is 27.0 Å². The number of likely N-dealkylation sites (tertiary alicyclic amines) is 1. The predicted molar refractivity (Wildman–Crippen MR) is 129 cm³/mol. The highest BCUT2D eigenvalue weighted by molar-refractivity contribution is 5.82. The van der Waals surface area contributed by atoms with Gasteiger partial charge in [-0.1, -0.05) is 12.1 Å². The number of hydrogen-bond acceptors (Lipinski definition) is 7. The Bertz CT molecular complexity index is 1440. The standard InChI is InChI=1S/C25H26F4N6O2/c1-24(30)7-8-34(14-24)22(25(27,28)29)16-4-6-21-32-33-23(35(21)13-16)18-5-3-15-11-17(26)20(12-19(15)31-18)37-10-9-36-2/h3-6,11-13,22H,7-10,14,30H2,1-2H3. The Morgan fingerprint density at radius 3 is 2.65 bits per heavy atom. The molecule has 196 valence electrons. The summed E-state index contributed by atoms with van der Waals surface area (Å²) in [5, 5.41) is 8.80. The molecule has 0 bridgehead atoms. The van der Waals surface area contributed by atoms with Crippen LogP contribution in [0.3, 0.4) is 0 Å². The van der Waals surface area contributed by atoms with Gasteiger partial charge in [-0.2, -0.15) is 13.2 Å². The Labute approximate surface area is 210 Å². The van der Waals surface area contributed by atoms with E-state index in [0.29, 0.717) is 35.3 Å². The molecule has 1 aromatic carbocycles. The minimum atomic E-state index is -4.51. The van der Waals surface area contributed by atoms with Crippen molar-refractivity contribution >= 4 is 16.6 Å². The van der Waals surface area contributed by atoms with Crippen LogP contribution in [0.4, 0.5) is 17.6 Å². The van der Waals surface area contributed by atoms with Crippen LogP contribution >= 0.6 is 0 Å². The second-order valence-corrected chi connectivity index (χ2v) is 9.55. The van der Waals surface area contributed by atoms with Gasteiger partial charge in [-0.15, -0.1) is 10.2 Å². The lowest BCUT2D eigenvalue weighted by atomic mass is 10.0. The largest absolute Gasteiger partial charge is 0.488 e. The van der Waals surface area contributed by atoms with E-state index in [0.717, 1.165) is 0 Å². The van der Waals surface area contributed by atoms with Gasteiger partial charge in [0, 0.05) is 43.4 Å². The van der Waals surface area contributed by atoms with Crippen LogP contribution < -0.4 is 10.5 Å². The first-order valence-electron chi connectivity index (χ1n) is 11.7. The summed E-state index contributed by atoms with van der Waals surface area (Å²) in [6, 6.07) is 7.15. The van der Waals surface area contributed by atoms with E-state index in [-0.39, 0.29) is 36.8 Å². The zero-order valence-corrected chi connectivity index (χ0v) is 20.3. The van der Waals surface area contributed by atoms with E-state index < -0.39 is 23.6 Å². The molecule has 12 heteroatoms. The maximum Gasteiger partial charge on any atom is 0.408 e. The molecule has 37 heavy (non-hydrogen) atoms. The van der Waals surface area contributed by atoms with Crippen molar-refractivity contribution in [1.29, 1.82) is 0 Å². The van der Waals surface area contributed by atoms with E-state index in [1.807, 2.05) is 0 Å². The fraction of sp³-hybridized carbons (Fsp3) is 0.400. The van der Waals surface area contributed by atoms with Crippen LogP contribution in [0, 0.1) is 5.82 Å². The number of ether oxygens (including phenoxy) is 2. The minimum absolute atomic E-state index is 0.0214. The first kappa shape index (κ1) is 25.3. The SMILES string of the molecule is COCCOc1cc2nc(-c3nnc4ccc(C(N5CCC(C)(N)C5)C(F)(F)F)cn34)ccc2cc1F. The van der Waals surface area contributed by atoms with Crippen LogP contribution in [0.15, 0.2) is 42.6 Å². The van der Waals surface area contributed by atoms with Crippen molar-refractivity contribution in [3.63, 3.8) is 0 Å². The topological polar surface area (TPSA) is 90.8 Å². The Kier molecular flexibility index (Phi) is 6.50. The number of fused-ring (bicyclic) bond motifs is 2. The molecule has 0 saturated carbocycles. The van der Waals surface area contributed by atoms with Gasteiger partial charge in [-0.25, -0.2) is 9.37 Å². The summed E-state index contributed by atoms with van der Waals surface area (Å²) in [6.07, 6.45) is -2.64. The summed E-state index contributed by atoms with van der Waals surface area (Å²) < 4.78 is 68.9. The molecule has 0 spiro atoms. The smallest absolute Gasteiger partial charge is 0.408 e. The summed E-state index contributed by atoms with van der Waals surface area (Å²) in [5.74, 6) is -0.256. The van der Waals surface area contributed by atoms with Gasteiger partial charge in [0.05, 0.1) is 12.1 Å². The van der Waals surface area contributed by atoms with E-state index in [1.165, 1.54) is 46.9 Å². The number of alkyl halides is 3. The Hall–Kier alpha value is -3.35. The third-order valence-corrected chi connectivity index (χ3v) is 6.47. The maximum absolute atomic E-state index is 14.4. The van der Waals surface area contributed by atoms with E-state index in [4.69, 9.17) is 15.2 Å². The average Bonchev–Trinajstić information content (AvgIpc) is 3.41. The zero-order chi connectivity index (χ0) is 26.4. The van der Waals surface area contributed by atoms with Gasteiger partial charge < -0.3 is 15.2 Å². The first-order valence-corrected chi connectivity index (χ1v) is 11.7. The van der Waals surface area contributed by atoms with Gasteiger partial charge in [0.15, 0.2) is 23.0 Å². The molecule has 5 rings (SSSR count). The number of rotatable bonds is 7. The van der Waals surface area contributed by atoms with E-state index in [9.17, 15) is 17.6 Å². The molecular weight excluding hydrogens is 492 g/mol. The first-order chi connectivity index (χ1) is 17.6. The highest BCUT2D eigenvalue weighted by atomic mass is 19.4. The predicted octanol–water partition coefficient (Wildman–Crippen LogP) is 4.14. The second-order valence-electron chi connectivity index (χ2n) is 9.55. The number of aromatic nitrogens is 4. The van der Waals surface area contributed by atoms with Crippen molar-refractivity contribution in [2.24, 2.45) is 5.73 Å². The Morgan fingerprint density at radius 1 is 1.14 bits per heavy atom. The van der Waals surface area contributed by atoms with Gasteiger partial charge in [0.2, 0.25) is 0 Å². The van der Waals surface area contributed by atoms with Crippen LogP contribution in [0.1, 0.15) is 24.9 Å². The molecule has 8 nitrogen and oxygen atoms in total. The van der Waals surface area contributed by atoms with Gasteiger partial charge in [0.1, 0.15) is 18.3 Å². The number of pyridine rings is 2. The molecule has 2 N–H and O–H groups in total. The fourth-order valence-electron chi connectivity index (χ4n) is 4.69. The summed E-state index contributed by atoms with van der Waals surface area (Å²) in [7, 11) is 1.51. The minimum Gasteiger partial charge on any atom is -0.488 e. The number of halogens is 4. The van der Waals surface area contributed by atoms with E-state index in [2.05, 4.69) is 15.2 Å². The molecule has 1 aliphatic rings. The summed E-state index contributed by atoms with van der Waals surface area (Å²) in [4.78, 5) is 5.93. The fourth-order valence-corrected chi connectivity index (χ4v) is 4.69. The maximum atomic E-state index is 14.4. The number of methoxy groups -OCH3 is 1. The van der Waals surface area contributed by atoms with Crippen molar-refractivity contribution in [3.05, 3.63) is 54.0 Å². The van der Waals surface area contributed by atoms with Crippen LogP contribution in [0.5, 0.6) is 5.75 Å². The summed E-state index contributed by atoms with van der Waals surface area (Å²) in [6.45, 7) is 2.58. The van der Waals surface area contributed by atoms with Crippen molar-refractivity contribution in [2.45, 2.75) is 31.1 Å². The van der Waals surface area contributed by atoms with Gasteiger partial charge in [-0.05, 0) is 37.1 Å². The molecule has 1 aliphatic heterocycles. The molecule has 1 fully saturated rings. The molecular formula is C25H26F4N6O2. The number of nitrogens with two attached hydrogens (primary N) is 1. The number of benzene rings is 1. The zero-order valence-electron chi connectivity index (χ0n) is 20.3. The van der Waals surface area contributed by atoms with Crippen molar-refractivity contribution in [3.8, 4) is 17.3 Å². The molecule has 1 saturated heterocycles. The van der Waals surface area contributed by atoms with Gasteiger partial charge in [-0.3, -0.25) is 9.30 Å². The molecule has 4 aromatic rings. The summed E-state index contributed by atoms with van der Waals surface area (Å²) >= 11 is 0. The molecule has 3 aromatic heterocycles. The van der Waals surface area contributed by atoms with Crippen LogP contribution in [-0.2, 0) is 4.74 Å². The molecule has 0 radical (unpaired) electrons. The highest BCUT2D eigenvalue weighted by Crippen LogP contribution is 2.41. The molecule has 0 amide bonds. The highest BCUT2D eigenvalue weighted by Gasteiger charge is 2.48. The van der Waals surface area contributed by atoms with Crippen LogP contribution in [0.2, 0.25) is 0 Å². The molecule has 4 heterocycles. The van der Waals surface area contributed by atoms with Crippen molar-refractivity contribution in [2.75, 3.05) is 33.4 Å². The van der Waals surface area contributed by atoms with E-state index in [1.54, 1.807) is 19.1 Å². The molecule has 2 atom stereocenters. The van der Waals surface area contributed by atoms with Crippen LogP contribution in [0.25, 0.3) is 28.1 Å². The summed E-state index contributed by atoms with van der Waals surface area (Å²) in [5.41, 5.74) is 6.66.